The lowest BCUT2D eigenvalue weighted by atomic mass is 10.2. The van der Waals surface area contributed by atoms with Crippen LogP contribution >= 0.6 is 0 Å². The lowest BCUT2D eigenvalue weighted by Crippen LogP contribution is -2.23. The van der Waals surface area contributed by atoms with Crippen molar-refractivity contribution in [2.24, 2.45) is 0 Å². The Morgan fingerprint density at radius 2 is 1.92 bits per heavy atom. The summed E-state index contributed by atoms with van der Waals surface area (Å²) in [4.78, 5) is 16.7. The highest BCUT2D eigenvalue weighted by molar-refractivity contribution is 5.76. The molecule has 0 radical (unpaired) electrons. The molecular formula is C19H21N3O2. The summed E-state index contributed by atoms with van der Waals surface area (Å²) in [6.45, 7) is 2.30. The molecule has 3 aromatic rings. The first-order chi connectivity index (χ1) is 11.8. The minimum absolute atomic E-state index is 0.0238. The second-order valence-corrected chi connectivity index (χ2v) is 5.64. The zero-order chi connectivity index (χ0) is 16.8. The average molecular weight is 323 g/mol. The van der Waals surface area contributed by atoms with Crippen LogP contribution in [-0.4, -0.2) is 23.2 Å². The van der Waals surface area contributed by atoms with E-state index < -0.39 is 0 Å². The number of nitrogens with one attached hydrogen (secondary N) is 1. The van der Waals surface area contributed by atoms with Crippen molar-refractivity contribution in [2.75, 3.05) is 13.7 Å². The fourth-order valence-corrected chi connectivity index (χ4v) is 2.62. The van der Waals surface area contributed by atoms with E-state index in [2.05, 4.69) is 10.3 Å². The van der Waals surface area contributed by atoms with Crippen LogP contribution < -0.4 is 15.6 Å². The van der Waals surface area contributed by atoms with Crippen LogP contribution in [0.2, 0.25) is 0 Å². The van der Waals surface area contributed by atoms with Gasteiger partial charge in [0, 0.05) is 13.1 Å². The van der Waals surface area contributed by atoms with Gasteiger partial charge < -0.3 is 10.1 Å². The van der Waals surface area contributed by atoms with E-state index in [0.29, 0.717) is 11.9 Å². The number of rotatable bonds is 7. The van der Waals surface area contributed by atoms with Gasteiger partial charge in [-0.25, -0.2) is 4.98 Å². The van der Waals surface area contributed by atoms with Crippen molar-refractivity contribution in [3.63, 3.8) is 0 Å². The maximum Gasteiger partial charge on any atom is 0.261 e. The molecule has 0 saturated carbocycles. The molecule has 0 fully saturated rings. The van der Waals surface area contributed by atoms with Crippen LogP contribution in [0.5, 0.6) is 5.75 Å². The van der Waals surface area contributed by atoms with E-state index >= 15 is 0 Å². The first-order valence-corrected chi connectivity index (χ1v) is 8.06. The first kappa shape index (κ1) is 16.2. The van der Waals surface area contributed by atoms with Crippen molar-refractivity contribution in [1.82, 2.24) is 14.9 Å². The predicted molar refractivity (Wildman–Crippen MR) is 95.3 cm³/mol. The van der Waals surface area contributed by atoms with Crippen molar-refractivity contribution >= 4 is 10.9 Å². The lowest BCUT2D eigenvalue weighted by molar-refractivity contribution is 0.414. The third-order valence-corrected chi connectivity index (χ3v) is 3.97. The largest absolute Gasteiger partial charge is 0.497 e. The van der Waals surface area contributed by atoms with E-state index in [-0.39, 0.29) is 5.56 Å². The van der Waals surface area contributed by atoms with Gasteiger partial charge in [-0.1, -0.05) is 24.3 Å². The Kier molecular flexibility index (Phi) is 5.23. The molecule has 5 heteroatoms. The molecule has 0 aliphatic rings. The maximum atomic E-state index is 12.4. The number of methoxy groups -OCH3 is 1. The molecular weight excluding hydrogens is 302 g/mol. The molecule has 24 heavy (non-hydrogen) atoms. The number of para-hydroxylation sites is 1. The monoisotopic (exact) mass is 323 g/mol. The Morgan fingerprint density at radius 3 is 2.71 bits per heavy atom. The van der Waals surface area contributed by atoms with E-state index in [1.54, 1.807) is 18.0 Å². The fraction of sp³-hybridized carbons (Fsp3) is 0.263. The number of hydrogen-bond acceptors (Lipinski definition) is 4. The molecule has 5 nitrogen and oxygen atoms in total. The summed E-state index contributed by atoms with van der Waals surface area (Å²) in [7, 11) is 1.66. The summed E-state index contributed by atoms with van der Waals surface area (Å²) in [5.41, 5.74) is 1.98. The third-order valence-electron chi connectivity index (χ3n) is 3.97. The second kappa shape index (κ2) is 7.75. The van der Waals surface area contributed by atoms with Gasteiger partial charge in [-0.15, -0.1) is 0 Å². The van der Waals surface area contributed by atoms with Crippen LogP contribution in [0, 0.1) is 0 Å². The summed E-state index contributed by atoms with van der Waals surface area (Å²) >= 11 is 0. The van der Waals surface area contributed by atoms with Gasteiger partial charge in [0.2, 0.25) is 0 Å². The van der Waals surface area contributed by atoms with E-state index in [1.807, 2.05) is 48.5 Å². The van der Waals surface area contributed by atoms with Crippen molar-refractivity contribution in [3.8, 4) is 5.75 Å². The molecule has 2 aromatic carbocycles. The molecule has 3 rings (SSSR count). The average Bonchev–Trinajstić information content (AvgIpc) is 2.64. The van der Waals surface area contributed by atoms with Crippen LogP contribution in [0.1, 0.15) is 12.0 Å². The molecule has 1 heterocycles. The summed E-state index contributed by atoms with van der Waals surface area (Å²) in [5.74, 6) is 0.863. The minimum atomic E-state index is 0.0238. The van der Waals surface area contributed by atoms with Gasteiger partial charge in [0.05, 0.1) is 24.3 Å². The Hall–Kier alpha value is -2.66. The highest BCUT2D eigenvalue weighted by Crippen LogP contribution is 2.10. The molecule has 0 saturated heterocycles. The lowest BCUT2D eigenvalue weighted by Gasteiger charge is -2.08. The Balaban J connectivity index is 1.49. The third kappa shape index (κ3) is 3.81. The van der Waals surface area contributed by atoms with Gasteiger partial charge in [0.25, 0.3) is 5.56 Å². The first-order valence-electron chi connectivity index (χ1n) is 8.06. The molecule has 0 unspecified atom stereocenters. The number of ether oxygens (including phenoxy) is 1. The van der Waals surface area contributed by atoms with Crippen molar-refractivity contribution < 1.29 is 4.74 Å². The summed E-state index contributed by atoms with van der Waals surface area (Å²) < 4.78 is 6.82. The summed E-state index contributed by atoms with van der Waals surface area (Å²) in [6.07, 6.45) is 2.50. The number of hydrogen-bond donors (Lipinski definition) is 1. The zero-order valence-corrected chi connectivity index (χ0v) is 13.7. The summed E-state index contributed by atoms with van der Waals surface area (Å²) in [5, 5.41) is 4.06. The molecule has 0 aliphatic carbocycles. The van der Waals surface area contributed by atoms with Crippen LogP contribution in [-0.2, 0) is 13.1 Å². The SMILES string of the molecule is COc1ccc(CNCCCn2cnc3ccccc3c2=O)cc1. The Bertz CT molecular complexity index is 856. The van der Waals surface area contributed by atoms with Gasteiger partial charge >= 0.3 is 0 Å². The topological polar surface area (TPSA) is 56.1 Å². The maximum absolute atomic E-state index is 12.4. The number of benzene rings is 2. The second-order valence-electron chi connectivity index (χ2n) is 5.64. The van der Waals surface area contributed by atoms with E-state index in [1.165, 1.54) is 5.56 Å². The predicted octanol–water partition coefficient (Wildman–Crippen LogP) is 2.59. The van der Waals surface area contributed by atoms with Gasteiger partial charge in [-0.3, -0.25) is 9.36 Å². The molecule has 0 amide bonds. The van der Waals surface area contributed by atoms with E-state index in [9.17, 15) is 4.79 Å². The van der Waals surface area contributed by atoms with Crippen LogP contribution in [0.15, 0.2) is 59.7 Å². The van der Waals surface area contributed by atoms with E-state index in [4.69, 9.17) is 4.74 Å². The number of nitrogens with zero attached hydrogens (tertiary/aromatic N) is 2. The molecule has 1 N–H and O–H groups in total. The standard InChI is InChI=1S/C19H21N3O2/c1-24-16-9-7-15(8-10-16)13-20-11-4-12-22-14-21-18-6-3-2-5-17(18)19(22)23/h2-3,5-10,14,20H,4,11-13H2,1H3. The smallest absolute Gasteiger partial charge is 0.261 e. The fourth-order valence-electron chi connectivity index (χ4n) is 2.62. The summed E-state index contributed by atoms with van der Waals surface area (Å²) in [6, 6.07) is 15.4. The number of aromatic nitrogens is 2. The van der Waals surface area contributed by atoms with Crippen molar-refractivity contribution in [3.05, 3.63) is 70.8 Å². The number of fused-ring (bicyclic) bond motifs is 1. The number of aryl methyl sites for hydroxylation is 1. The van der Waals surface area contributed by atoms with Gasteiger partial charge in [0.1, 0.15) is 5.75 Å². The normalized spacial score (nSPS) is 10.9. The van der Waals surface area contributed by atoms with Gasteiger partial charge in [-0.05, 0) is 42.8 Å². The van der Waals surface area contributed by atoms with Crippen LogP contribution in [0.4, 0.5) is 0 Å². The van der Waals surface area contributed by atoms with E-state index in [0.717, 1.165) is 30.8 Å². The van der Waals surface area contributed by atoms with Crippen LogP contribution in [0.3, 0.4) is 0 Å². The highest BCUT2D eigenvalue weighted by Gasteiger charge is 2.02. The molecule has 1 aromatic heterocycles. The molecule has 0 aliphatic heterocycles. The quantitative estimate of drug-likeness (QED) is 0.679. The molecule has 124 valence electrons. The van der Waals surface area contributed by atoms with Gasteiger partial charge in [0.15, 0.2) is 0 Å². The van der Waals surface area contributed by atoms with Crippen LogP contribution in [0.25, 0.3) is 10.9 Å². The molecule has 0 atom stereocenters. The van der Waals surface area contributed by atoms with Crippen molar-refractivity contribution in [1.29, 1.82) is 0 Å². The molecule has 0 bridgehead atoms. The van der Waals surface area contributed by atoms with Crippen molar-refractivity contribution in [2.45, 2.75) is 19.5 Å². The minimum Gasteiger partial charge on any atom is -0.497 e. The Morgan fingerprint density at radius 1 is 1.12 bits per heavy atom. The zero-order valence-electron chi connectivity index (χ0n) is 13.7. The molecule has 0 spiro atoms. The Labute approximate surface area is 140 Å². The van der Waals surface area contributed by atoms with Gasteiger partial charge in [-0.2, -0.15) is 0 Å². The highest BCUT2D eigenvalue weighted by atomic mass is 16.5.